The Labute approximate surface area is 139 Å². The Morgan fingerprint density at radius 1 is 1.33 bits per heavy atom. The molecule has 0 aliphatic heterocycles. The second kappa shape index (κ2) is 6.99. The lowest BCUT2D eigenvalue weighted by atomic mass is 10.0. The molecule has 21 heavy (non-hydrogen) atoms. The molecule has 1 aliphatic rings. The van der Waals surface area contributed by atoms with Gasteiger partial charge in [0.15, 0.2) is 11.0 Å². The van der Waals surface area contributed by atoms with Crippen LogP contribution in [0.3, 0.4) is 0 Å². The number of aryl methyl sites for hydroxylation is 1. The predicted molar refractivity (Wildman–Crippen MR) is 89.6 cm³/mol. The van der Waals surface area contributed by atoms with Crippen LogP contribution < -0.4 is 5.43 Å². The fourth-order valence-electron chi connectivity index (χ4n) is 2.62. The number of hydrogen-bond donors (Lipinski definition) is 1. The van der Waals surface area contributed by atoms with Crippen LogP contribution in [-0.2, 0) is 4.79 Å². The second-order valence-electron chi connectivity index (χ2n) is 5.57. The molecule has 1 aromatic rings. The molecule has 1 aromatic carbocycles. The molecule has 0 bridgehead atoms. The minimum atomic E-state index is -0.101. The fourth-order valence-corrected chi connectivity index (χ4v) is 3.45. The summed E-state index contributed by atoms with van der Waals surface area (Å²) in [4.78, 5) is 12.2. The Kier molecular flexibility index (Phi) is 5.53. The Bertz CT molecular complexity index is 563. The number of nitrogens with zero attached hydrogens (tertiary/aromatic N) is 1. The topological polar surface area (TPSA) is 41.5 Å². The quantitative estimate of drug-likeness (QED) is 0.595. The van der Waals surface area contributed by atoms with E-state index in [9.17, 15) is 4.79 Å². The van der Waals surface area contributed by atoms with E-state index in [0.717, 1.165) is 24.8 Å². The van der Waals surface area contributed by atoms with Gasteiger partial charge in [0.05, 0.1) is 10.7 Å². The molecule has 6 heteroatoms. The van der Waals surface area contributed by atoms with Crippen molar-refractivity contribution in [3.8, 4) is 0 Å². The first-order chi connectivity index (χ1) is 9.88. The summed E-state index contributed by atoms with van der Waals surface area (Å²) in [6.07, 6.45) is 2.83. The average Bonchev–Trinajstić information content (AvgIpc) is 2.83. The van der Waals surface area contributed by atoms with Crippen LogP contribution in [-0.4, -0.2) is 11.0 Å². The number of halogens is 3. The molecule has 2 unspecified atom stereocenters. The molecule has 114 valence electrons. The van der Waals surface area contributed by atoms with Crippen LogP contribution in [0.1, 0.15) is 31.7 Å². The number of benzene rings is 1. The summed E-state index contributed by atoms with van der Waals surface area (Å²) in [5.41, 5.74) is 4.21. The van der Waals surface area contributed by atoms with Crippen molar-refractivity contribution in [2.24, 2.45) is 16.9 Å². The maximum atomic E-state index is 12.2. The van der Waals surface area contributed by atoms with Crippen molar-refractivity contribution in [1.82, 2.24) is 0 Å². The van der Waals surface area contributed by atoms with E-state index in [0.29, 0.717) is 21.7 Å². The van der Waals surface area contributed by atoms with Gasteiger partial charge in [-0.3, -0.25) is 10.2 Å². The zero-order valence-electron chi connectivity index (χ0n) is 11.9. The molecule has 0 heterocycles. The third-order valence-corrected chi connectivity index (χ3v) is 4.57. The summed E-state index contributed by atoms with van der Waals surface area (Å²) in [6, 6.07) is 3.38. The summed E-state index contributed by atoms with van der Waals surface area (Å²) in [6.45, 7) is 4.00. The number of ketones is 1. The van der Waals surface area contributed by atoms with Crippen LogP contribution >= 0.6 is 34.8 Å². The van der Waals surface area contributed by atoms with Gasteiger partial charge in [-0.05, 0) is 49.8 Å². The molecule has 2 atom stereocenters. The summed E-state index contributed by atoms with van der Waals surface area (Å²) in [7, 11) is 0. The molecular weight excluding hydrogens is 331 g/mol. The van der Waals surface area contributed by atoms with Crippen LogP contribution in [0.15, 0.2) is 17.2 Å². The molecule has 1 saturated carbocycles. The van der Waals surface area contributed by atoms with E-state index in [1.807, 2.05) is 6.92 Å². The highest BCUT2D eigenvalue weighted by molar-refractivity contribution is 6.83. The predicted octanol–water partition coefficient (Wildman–Crippen LogP) is 5.27. The van der Waals surface area contributed by atoms with E-state index in [1.54, 1.807) is 12.1 Å². The van der Waals surface area contributed by atoms with Gasteiger partial charge in [0.1, 0.15) is 0 Å². The Balaban J connectivity index is 2.08. The monoisotopic (exact) mass is 346 g/mol. The highest BCUT2D eigenvalue weighted by Crippen LogP contribution is 2.32. The molecule has 0 radical (unpaired) electrons. The molecule has 2 rings (SSSR count). The van der Waals surface area contributed by atoms with E-state index in [1.165, 1.54) is 0 Å². The largest absolute Gasteiger partial charge is 0.291 e. The molecule has 1 aliphatic carbocycles. The smallest absolute Gasteiger partial charge is 0.197 e. The van der Waals surface area contributed by atoms with Crippen molar-refractivity contribution in [1.29, 1.82) is 0 Å². The number of carbonyl (C=O) groups is 1. The summed E-state index contributed by atoms with van der Waals surface area (Å²) in [5, 5.41) is 4.93. The number of rotatable bonds is 4. The summed E-state index contributed by atoms with van der Waals surface area (Å²) < 4.78 is 0. The lowest BCUT2D eigenvalue weighted by Crippen LogP contribution is -2.19. The van der Waals surface area contributed by atoms with Crippen molar-refractivity contribution < 1.29 is 4.79 Å². The van der Waals surface area contributed by atoms with Crippen LogP contribution in [0, 0.1) is 18.8 Å². The molecule has 1 fully saturated rings. The van der Waals surface area contributed by atoms with Crippen molar-refractivity contribution in [2.75, 3.05) is 5.43 Å². The van der Waals surface area contributed by atoms with Gasteiger partial charge in [-0.25, -0.2) is 0 Å². The molecule has 3 nitrogen and oxygen atoms in total. The normalized spacial score (nSPS) is 22.4. The van der Waals surface area contributed by atoms with Gasteiger partial charge in [-0.1, -0.05) is 41.7 Å². The van der Waals surface area contributed by atoms with E-state index < -0.39 is 0 Å². The summed E-state index contributed by atoms with van der Waals surface area (Å²) in [5.74, 6) is 0.459. The van der Waals surface area contributed by atoms with E-state index in [2.05, 4.69) is 17.5 Å². The zero-order valence-corrected chi connectivity index (χ0v) is 14.2. The minimum Gasteiger partial charge on any atom is -0.291 e. The van der Waals surface area contributed by atoms with E-state index in [-0.39, 0.29) is 16.9 Å². The number of nitrogens with one attached hydrogen (secondary N) is 1. The molecule has 0 spiro atoms. The van der Waals surface area contributed by atoms with E-state index >= 15 is 0 Å². The first kappa shape index (κ1) is 16.6. The lowest BCUT2D eigenvalue weighted by molar-refractivity contribution is -0.116. The van der Waals surface area contributed by atoms with Crippen molar-refractivity contribution >= 4 is 51.4 Å². The Morgan fingerprint density at radius 3 is 2.62 bits per heavy atom. The van der Waals surface area contributed by atoms with Gasteiger partial charge in [0, 0.05) is 10.9 Å². The van der Waals surface area contributed by atoms with Crippen LogP contribution in [0.25, 0.3) is 0 Å². The molecule has 0 aromatic heterocycles. The van der Waals surface area contributed by atoms with Crippen molar-refractivity contribution in [2.45, 2.75) is 33.1 Å². The second-order valence-corrected chi connectivity index (χ2v) is 6.77. The standard InChI is InChI=1S/C15H17Cl3N2O/c1-8-3-4-10(5-8)14(21)15(18)20-19-13-9(2)6-11(16)7-12(13)17/h6-8,10,19H,3-5H2,1-2H3. The van der Waals surface area contributed by atoms with Crippen LogP contribution in [0.4, 0.5) is 5.69 Å². The van der Waals surface area contributed by atoms with Gasteiger partial charge >= 0.3 is 0 Å². The maximum Gasteiger partial charge on any atom is 0.197 e. The Hall–Kier alpha value is -0.770. The summed E-state index contributed by atoms with van der Waals surface area (Å²) >= 11 is 18.0. The fraction of sp³-hybridized carbons (Fsp3) is 0.467. The molecule has 1 N–H and O–H groups in total. The first-order valence-electron chi connectivity index (χ1n) is 6.87. The Morgan fingerprint density at radius 2 is 2.05 bits per heavy atom. The van der Waals surface area contributed by atoms with Gasteiger partial charge < -0.3 is 0 Å². The number of anilines is 1. The highest BCUT2D eigenvalue weighted by Gasteiger charge is 2.29. The number of hydrogen-bond acceptors (Lipinski definition) is 3. The molecule has 0 saturated heterocycles. The minimum absolute atomic E-state index is 0.0140. The van der Waals surface area contributed by atoms with Crippen LogP contribution in [0.2, 0.25) is 10.0 Å². The molecule has 0 amide bonds. The lowest BCUT2D eigenvalue weighted by Gasteiger charge is -2.10. The van der Waals surface area contributed by atoms with Gasteiger partial charge in [0.2, 0.25) is 0 Å². The number of Topliss-reactive ketones (excluding diaryl/α,β-unsaturated/α-hetero) is 1. The SMILES string of the molecule is Cc1cc(Cl)cc(Cl)c1NN=C(Cl)C(=O)C1CCC(C)C1. The van der Waals surface area contributed by atoms with Gasteiger partial charge in [-0.15, -0.1) is 0 Å². The maximum absolute atomic E-state index is 12.2. The van der Waals surface area contributed by atoms with Crippen LogP contribution in [0.5, 0.6) is 0 Å². The number of hydrazone groups is 1. The highest BCUT2D eigenvalue weighted by atomic mass is 35.5. The first-order valence-corrected chi connectivity index (χ1v) is 8.01. The van der Waals surface area contributed by atoms with Crippen molar-refractivity contribution in [3.63, 3.8) is 0 Å². The third-order valence-electron chi connectivity index (χ3n) is 3.79. The third kappa shape index (κ3) is 4.12. The van der Waals surface area contributed by atoms with Gasteiger partial charge in [-0.2, -0.15) is 5.10 Å². The van der Waals surface area contributed by atoms with Crippen molar-refractivity contribution in [3.05, 3.63) is 27.7 Å². The zero-order chi connectivity index (χ0) is 15.6. The van der Waals surface area contributed by atoms with E-state index in [4.69, 9.17) is 34.8 Å². The average molecular weight is 348 g/mol. The van der Waals surface area contributed by atoms with Gasteiger partial charge in [0.25, 0.3) is 0 Å². The number of carbonyl (C=O) groups excluding carboxylic acids is 1. The molecular formula is C15H17Cl3N2O.